The van der Waals surface area contributed by atoms with E-state index in [-0.39, 0.29) is 12.0 Å². The van der Waals surface area contributed by atoms with Gasteiger partial charge in [-0.3, -0.25) is 4.79 Å². The van der Waals surface area contributed by atoms with Gasteiger partial charge in [0.2, 0.25) is 5.91 Å². The van der Waals surface area contributed by atoms with Gasteiger partial charge in [0.25, 0.3) is 0 Å². The molecular weight excluding hydrogens is 390 g/mol. The fraction of sp³-hybridized carbons (Fsp3) is 0.476. The largest absolute Gasteiger partial charge is 0.387 e. The fourth-order valence-electron chi connectivity index (χ4n) is 3.68. The summed E-state index contributed by atoms with van der Waals surface area (Å²) in [5.74, 6) is 2.05. The third-order valence-corrected chi connectivity index (χ3v) is 5.80. The van der Waals surface area contributed by atoms with Crippen LogP contribution in [0.25, 0.3) is 0 Å². The number of rotatable bonds is 6. The van der Waals surface area contributed by atoms with Crippen molar-refractivity contribution in [2.45, 2.75) is 31.9 Å². The minimum Gasteiger partial charge on any atom is -0.387 e. The Hall–Kier alpha value is -2.38. The molecule has 0 spiro atoms. The fourth-order valence-corrected chi connectivity index (χ4v) is 3.80. The highest BCUT2D eigenvalue weighted by Crippen LogP contribution is 2.32. The van der Waals surface area contributed by atoms with E-state index in [0.717, 1.165) is 43.9 Å². The molecule has 1 aliphatic carbocycles. The summed E-state index contributed by atoms with van der Waals surface area (Å²) in [7, 11) is 0. The lowest BCUT2D eigenvalue weighted by molar-refractivity contribution is -0.134. The second-order valence-electron chi connectivity index (χ2n) is 7.81. The summed E-state index contributed by atoms with van der Waals surface area (Å²) in [6, 6.07) is 9.19. The van der Waals surface area contributed by atoms with Gasteiger partial charge in [0.1, 0.15) is 18.0 Å². The van der Waals surface area contributed by atoms with E-state index in [4.69, 9.17) is 11.6 Å². The molecule has 4 rings (SSSR count). The predicted octanol–water partition coefficient (Wildman–Crippen LogP) is 2.72. The first-order chi connectivity index (χ1) is 14.0. The number of piperazine rings is 1. The van der Waals surface area contributed by atoms with Crippen LogP contribution in [0.5, 0.6) is 0 Å². The van der Waals surface area contributed by atoms with E-state index in [0.29, 0.717) is 23.3 Å². The first-order valence-corrected chi connectivity index (χ1v) is 10.4. The second-order valence-corrected chi connectivity index (χ2v) is 8.25. The van der Waals surface area contributed by atoms with Gasteiger partial charge in [0.05, 0.1) is 6.10 Å². The van der Waals surface area contributed by atoms with Crippen molar-refractivity contribution in [1.82, 2.24) is 14.9 Å². The molecule has 0 bridgehead atoms. The lowest BCUT2D eigenvalue weighted by Gasteiger charge is -2.40. The smallest absolute Gasteiger partial charge is 0.226 e. The second kappa shape index (κ2) is 8.55. The Kier molecular flexibility index (Phi) is 5.87. The zero-order valence-electron chi connectivity index (χ0n) is 16.5. The Labute approximate surface area is 175 Å². The maximum Gasteiger partial charge on any atom is 0.226 e. The molecule has 154 valence electrons. The van der Waals surface area contributed by atoms with Crippen molar-refractivity contribution in [2.75, 3.05) is 36.4 Å². The molecule has 1 aromatic heterocycles. The Balaban J connectivity index is 1.35. The van der Waals surface area contributed by atoms with Gasteiger partial charge in [-0.25, -0.2) is 9.97 Å². The van der Waals surface area contributed by atoms with Crippen molar-refractivity contribution < 1.29 is 9.90 Å². The monoisotopic (exact) mass is 415 g/mol. The maximum atomic E-state index is 12.4. The highest BCUT2D eigenvalue weighted by atomic mass is 35.5. The summed E-state index contributed by atoms with van der Waals surface area (Å²) in [6.07, 6.45) is 2.93. The number of hydrogen-bond acceptors (Lipinski definition) is 6. The number of hydrogen-bond donors (Lipinski definition) is 2. The zero-order chi connectivity index (χ0) is 20.4. The summed E-state index contributed by atoms with van der Waals surface area (Å²) in [5.41, 5.74) is 0.793. The van der Waals surface area contributed by atoms with Crippen molar-refractivity contribution in [2.24, 2.45) is 5.92 Å². The molecule has 1 aliphatic heterocycles. The van der Waals surface area contributed by atoms with Crippen LogP contribution in [0.15, 0.2) is 36.7 Å². The van der Waals surface area contributed by atoms with Gasteiger partial charge >= 0.3 is 0 Å². The van der Waals surface area contributed by atoms with E-state index in [1.165, 1.54) is 6.33 Å². The minimum atomic E-state index is -0.664. The van der Waals surface area contributed by atoms with Crippen LogP contribution in [0.3, 0.4) is 0 Å². The van der Waals surface area contributed by atoms with Crippen LogP contribution < -0.4 is 10.2 Å². The van der Waals surface area contributed by atoms with E-state index >= 15 is 0 Å². The van der Waals surface area contributed by atoms with Gasteiger partial charge in [0, 0.05) is 49.2 Å². The van der Waals surface area contributed by atoms with Crippen molar-refractivity contribution in [3.05, 3.63) is 47.2 Å². The molecule has 1 aromatic carbocycles. The third kappa shape index (κ3) is 4.79. The van der Waals surface area contributed by atoms with Crippen LogP contribution >= 0.6 is 11.6 Å². The van der Waals surface area contributed by atoms with Gasteiger partial charge in [-0.1, -0.05) is 23.7 Å². The number of halogens is 1. The number of benzene rings is 1. The number of aliphatic hydroxyl groups is 1. The lowest BCUT2D eigenvalue weighted by Crippen LogP contribution is -2.54. The number of aromatic nitrogens is 2. The molecule has 2 atom stereocenters. The topological polar surface area (TPSA) is 81.6 Å². The zero-order valence-corrected chi connectivity index (χ0v) is 17.2. The molecule has 8 heteroatoms. The molecule has 1 unspecified atom stereocenters. The van der Waals surface area contributed by atoms with Crippen molar-refractivity contribution in [3.8, 4) is 0 Å². The van der Waals surface area contributed by atoms with Crippen molar-refractivity contribution in [3.63, 3.8) is 0 Å². The summed E-state index contributed by atoms with van der Waals surface area (Å²) in [6.45, 7) is 4.65. The van der Waals surface area contributed by atoms with Gasteiger partial charge in [-0.2, -0.15) is 0 Å². The molecule has 29 heavy (non-hydrogen) atoms. The number of anilines is 2. The Morgan fingerprint density at radius 1 is 1.28 bits per heavy atom. The third-order valence-electron chi connectivity index (χ3n) is 5.55. The number of nitrogens with zero attached hydrogens (tertiary/aromatic N) is 4. The molecule has 2 fully saturated rings. The molecule has 0 radical (unpaired) electrons. The quantitative estimate of drug-likeness (QED) is 0.755. The molecule has 1 amide bonds. The van der Waals surface area contributed by atoms with Gasteiger partial charge < -0.3 is 20.2 Å². The van der Waals surface area contributed by atoms with Crippen LogP contribution in [-0.2, 0) is 4.79 Å². The highest BCUT2D eigenvalue weighted by Gasteiger charge is 2.37. The van der Waals surface area contributed by atoms with Crippen LogP contribution in [0, 0.1) is 5.92 Å². The van der Waals surface area contributed by atoms with E-state index in [1.54, 1.807) is 12.1 Å². The molecular formula is C21H26ClN5O2. The van der Waals surface area contributed by atoms with E-state index in [1.807, 2.05) is 23.1 Å². The van der Waals surface area contributed by atoms with Crippen LogP contribution in [-0.4, -0.2) is 58.1 Å². The molecule has 2 aliphatic rings. The molecule has 1 saturated heterocycles. The van der Waals surface area contributed by atoms with Crippen molar-refractivity contribution in [1.29, 1.82) is 0 Å². The predicted molar refractivity (Wildman–Crippen MR) is 113 cm³/mol. The van der Waals surface area contributed by atoms with E-state index in [9.17, 15) is 9.90 Å². The Morgan fingerprint density at radius 2 is 2.03 bits per heavy atom. The number of carbonyl (C=O) groups excluding carboxylic acids is 1. The van der Waals surface area contributed by atoms with Gasteiger partial charge in [-0.15, -0.1) is 0 Å². The number of nitrogens with one attached hydrogen (secondary N) is 1. The summed E-state index contributed by atoms with van der Waals surface area (Å²) in [4.78, 5) is 25.3. The van der Waals surface area contributed by atoms with Crippen LogP contribution in [0.2, 0.25) is 5.02 Å². The van der Waals surface area contributed by atoms with Crippen molar-refractivity contribution >= 4 is 29.1 Å². The number of aliphatic hydroxyl groups excluding tert-OH is 1. The Bertz CT molecular complexity index is 858. The van der Waals surface area contributed by atoms with E-state index in [2.05, 4.69) is 27.1 Å². The first kappa shape index (κ1) is 19.9. The van der Waals surface area contributed by atoms with Crippen LogP contribution in [0.1, 0.15) is 31.4 Å². The maximum absolute atomic E-state index is 12.4. The highest BCUT2D eigenvalue weighted by molar-refractivity contribution is 6.30. The summed E-state index contributed by atoms with van der Waals surface area (Å²) in [5, 5.41) is 14.2. The van der Waals surface area contributed by atoms with Crippen LogP contribution in [0.4, 0.5) is 11.6 Å². The molecule has 2 N–H and O–H groups in total. The Morgan fingerprint density at radius 3 is 2.72 bits per heavy atom. The SMILES string of the molecule is C[C@@H]1CN(c2cc(NCC(O)c3ccc(Cl)cc3)ncn2)CCN1C(=O)C1CC1. The summed E-state index contributed by atoms with van der Waals surface area (Å²) < 4.78 is 0. The molecule has 1 saturated carbocycles. The normalized spacial score (nSPS) is 20.4. The molecule has 2 aromatic rings. The lowest BCUT2D eigenvalue weighted by atomic mass is 10.1. The number of carbonyl (C=O) groups is 1. The van der Waals surface area contributed by atoms with Gasteiger partial charge in [0.15, 0.2) is 0 Å². The average molecular weight is 416 g/mol. The van der Waals surface area contributed by atoms with Gasteiger partial charge in [-0.05, 0) is 37.5 Å². The number of amides is 1. The first-order valence-electron chi connectivity index (χ1n) is 10.1. The molecule has 7 nitrogen and oxygen atoms in total. The average Bonchev–Trinajstić information content (AvgIpc) is 3.58. The van der Waals surface area contributed by atoms with E-state index < -0.39 is 6.10 Å². The summed E-state index contributed by atoms with van der Waals surface area (Å²) >= 11 is 5.89. The standard InChI is InChI=1S/C21H26ClN5O2/c1-14-12-26(8-9-27(14)21(29)16-2-3-16)20-10-19(24-13-25-20)23-11-18(28)15-4-6-17(22)7-5-15/h4-7,10,13-14,16,18,28H,2-3,8-9,11-12H2,1H3,(H,23,24,25)/t14-,18?/m1/s1. The molecule has 2 heterocycles. The minimum absolute atomic E-state index is 0.162.